The highest BCUT2D eigenvalue weighted by Gasteiger charge is 2.57. The molecule has 1 aliphatic rings. The molecule has 0 amide bonds. The van der Waals surface area contributed by atoms with Gasteiger partial charge >= 0.3 is 0 Å². The SMILES string of the molecule is C#C[C@@]1(O)C(O)[C@@H]([C@@H](C)O)O[C@H]1n1ccc2c(=O)[nH]c(N=NN)nc21. The normalized spacial score (nSPS) is 30.8. The summed E-state index contributed by atoms with van der Waals surface area (Å²) < 4.78 is 6.86. The zero-order valence-corrected chi connectivity index (χ0v) is 13.1. The smallest absolute Gasteiger partial charge is 0.261 e. The molecule has 2 aromatic heterocycles. The second-order valence-corrected chi connectivity index (χ2v) is 5.67. The molecule has 0 saturated carbocycles. The van der Waals surface area contributed by atoms with E-state index in [0.29, 0.717) is 0 Å². The van der Waals surface area contributed by atoms with Crippen LogP contribution in [0.4, 0.5) is 5.95 Å². The minimum atomic E-state index is -2.15. The first-order valence-electron chi connectivity index (χ1n) is 7.27. The van der Waals surface area contributed by atoms with Gasteiger partial charge in [0.2, 0.25) is 0 Å². The Bertz CT molecular complexity index is 928. The number of nitrogens with two attached hydrogens (primary N) is 1. The molecule has 25 heavy (non-hydrogen) atoms. The zero-order chi connectivity index (χ0) is 18.4. The molecule has 1 fully saturated rings. The van der Waals surface area contributed by atoms with E-state index in [1.807, 2.05) is 0 Å². The fraction of sp³-hybridized carbons (Fsp3) is 0.429. The van der Waals surface area contributed by atoms with Crippen molar-refractivity contribution in [2.45, 2.75) is 37.1 Å². The molecule has 0 bridgehead atoms. The lowest BCUT2D eigenvalue weighted by Crippen LogP contribution is -2.47. The minimum absolute atomic E-state index is 0.0864. The van der Waals surface area contributed by atoms with Crippen LogP contribution in [0.5, 0.6) is 0 Å². The first-order valence-corrected chi connectivity index (χ1v) is 7.27. The molecule has 5 atom stereocenters. The fourth-order valence-electron chi connectivity index (χ4n) is 2.86. The van der Waals surface area contributed by atoms with E-state index in [1.54, 1.807) is 0 Å². The lowest BCUT2D eigenvalue weighted by atomic mass is 9.93. The largest absolute Gasteiger partial charge is 0.391 e. The van der Waals surface area contributed by atoms with Gasteiger partial charge in [-0.1, -0.05) is 16.3 Å². The predicted octanol–water partition coefficient (Wildman–Crippen LogP) is -1.31. The Morgan fingerprint density at radius 3 is 2.96 bits per heavy atom. The van der Waals surface area contributed by atoms with Gasteiger partial charge in [-0.15, -0.1) is 6.42 Å². The number of H-pyrrole nitrogens is 1. The maximum atomic E-state index is 12.1. The Kier molecular flexibility index (Phi) is 4.05. The number of aliphatic hydroxyl groups is 3. The Balaban J connectivity index is 2.18. The number of aromatic nitrogens is 3. The van der Waals surface area contributed by atoms with E-state index in [4.69, 9.17) is 17.0 Å². The molecule has 0 spiro atoms. The fourth-order valence-corrected chi connectivity index (χ4v) is 2.86. The van der Waals surface area contributed by atoms with E-state index in [-0.39, 0.29) is 17.0 Å². The van der Waals surface area contributed by atoms with Crippen molar-refractivity contribution in [3.63, 3.8) is 0 Å². The second-order valence-electron chi connectivity index (χ2n) is 5.67. The summed E-state index contributed by atoms with van der Waals surface area (Å²) in [4.78, 5) is 18.5. The molecule has 11 nitrogen and oxygen atoms in total. The van der Waals surface area contributed by atoms with E-state index < -0.39 is 35.7 Å². The number of nitrogens with zero attached hydrogens (tertiary/aromatic N) is 4. The van der Waals surface area contributed by atoms with Gasteiger partial charge in [0.25, 0.3) is 11.5 Å². The maximum absolute atomic E-state index is 12.1. The number of hydrogen-bond acceptors (Lipinski definition) is 8. The zero-order valence-electron chi connectivity index (χ0n) is 13.1. The van der Waals surface area contributed by atoms with Crippen molar-refractivity contribution in [1.29, 1.82) is 0 Å². The third-order valence-corrected chi connectivity index (χ3v) is 4.11. The number of aromatic amines is 1. The average Bonchev–Trinajstić information content (AvgIpc) is 3.09. The topological polar surface area (TPSA) is 171 Å². The summed E-state index contributed by atoms with van der Waals surface area (Å²) in [6, 6.07) is 1.44. The van der Waals surface area contributed by atoms with Crippen LogP contribution in [0.2, 0.25) is 0 Å². The van der Waals surface area contributed by atoms with Gasteiger partial charge < -0.3 is 30.5 Å². The number of aliphatic hydroxyl groups excluding tert-OH is 2. The van der Waals surface area contributed by atoms with Crippen LogP contribution in [-0.4, -0.2) is 53.8 Å². The minimum Gasteiger partial charge on any atom is -0.391 e. The van der Waals surface area contributed by atoms with E-state index in [0.717, 1.165) is 0 Å². The summed E-state index contributed by atoms with van der Waals surface area (Å²) in [6.07, 6.45) is 1.74. The number of terminal acetylenes is 1. The van der Waals surface area contributed by atoms with E-state index in [1.165, 1.54) is 23.8 Å². The molecule has 0 aliphatic carbocycles. The van der Waals surface area contributed by atoms with Crippen LogP contribution in [0.1, 0.15) is 13.2 Å². The van der Waals surface area contributed by atoms with Crippen molar-refractivity contribution < 1.29 is 20.1 Å². The third kappa shape index (κ3) is 2.48. The Hall–Kier alpha value is -2.78. The van der Waals surface area contributed by atoms with Crippen molar-refractivity contribution in [3.8, 4) is 12.3 Å². The lowest BCUT2D eigenvalue weighted by Gasteiger charge is -2.26. The van der Waals surface area contributed by atoms with Crippen LogP contribution >= 0.6 is 0 Å². The van der Waals surface area contributed by atoms with Gasteiger partial charge in [0, 0.05) is 6.20 Å². The van der Waals surface area contributed by atoms with Crippen LogP contribution < -0.4 is 11.4 Å². The Morgan fingerprint density at radius 2 is 2.36 bits per heavy atom. The summed E-state index contributed by atoms with van der Waals surface area (Å²) in [5.74, 6) is 6.91. The quantitative estimate of drug-likeness (QED) is 0.198. The van der Waals surface area contributed by atoms with Gasteiger partial charge in [0.15, 0.2) is 17.5 Å². The molecule has 132 valence electrons. The van der Waals surface area contributed by atoms with Crippen molar-refractivity contribution in [3.05, 3.63) is 22.6 Å². The molecule has 0 aromatic carbocycles. The first-order chi connectivity index (χ1) is 11.8. The molecule has 3 heterocycles. The van der Waals surface area contributed by atoms with E-state index in [9.17, 15) is 20.1 Å². The van der Waals surface area contributed by atoms with Gasteiger partial charge in [-0.2, -0.15) is 4.98 Å². The maximum Gasteiger partial charge on any atom is 0.261 e. The standard InChI is InChI=1S/C14H16N6O5/c1-3-14(24)9(22)8(6(2)21)25-12(14)20-5-4-7-10(20)16-13(18-19-15)17-11(7)23/h1,4-6,8-9,12,21-22,24H,2H3,(H3,15,16,17,18,23)/t6-,8-,9?,12-,14-/m1/s1. The molecular formula is C14H16N6O5. The summed E-state index contributed by atoms with van der Waals surface area (Å²) in [7, 11) is 0. The first kappa shape index (κ1) is 17.1. The van der Waals surface area contributed by atoms with Crippen LogP contribution in [-0.2, 0) is 4.74 Å². The van der Waals surface area contributed by atoms with Gasteiger partial charge in [0.05, 0.1) is 11.5 Å². The average molecular weight is 348 g/mol. The van der Waals surface area contributed by atoms with Gasteiger partial charge in [-0.3, -0.25) is 9.78 Å². The molecule has 11 heteroatoms. The highest BCUT2D eigenvalue weighted by Crippen LogP contribution is 2.40. The molecule has 2 aromatic rings. The highest BCUT2D eigenvalue weighted by molar-refractivity contribution is 5.76. The number of hydrogen-bond donors (Lipinski definition) is 5. The summed E-state index contributed by atoms with van der Waals surface area (Å²) >= 11 is 0. The number of rotatable bonds is 3. The number of ether oxygens (including phenoxy) is 1. The van der Waals surface area contributed by atoms with Crippen molar-refractivity contribution >= 4 is 17.0 Å². The van der Waals surface area contributed by atoms with Crippen LogP contribution in [0.25, 0.3) is 11.0 Å². The van der Waals surface area contributed by atoms with Crippen molar-refractivity contribution in [1.82, 2.24) is 14.5 Å². The Labute approximate surface area is 140 Å². The summed E-state index contributed by atoms with van der Waals surface area (Å²) in [6.45, 7) is 1.39. The molecule has 1 unspecified atom stereocenters. The van der Waals surface area contributed by atoms with Crippen LogP contribution in [0.15, 0.2) is 27.4 Å². The number of nitrogens with one attached hydrogen (secondary N) is 1. The molecule has 0 radical (unpaired) electrons. The molecular weight excluding hydrogens is 332 g/mol. The van der Waals surface area contributed by atoms with E-state index >= 15 is 0 Å². The molecule has 6 N–H and O–H groups in total. The monoisotopic (exact) mass is 348 g/mol. The third-order valence-electron chi connectivity index (χ3n) is 4.11. The van der Waals surface area contributed by atoms with E-state index in [2.05, 4.69) is 26.2 Å². The highest BCUT2D eigenvalue weighted by atomic mass is 16.6. The molecule has 1 saturated heterocycles. The van der Waals surface area contributed by atoms with Gasteiger partial charge in [-0.25, -0.2) is 0 Å². The van der Waals surface area contributed by atoms with Crippen molar-refractivity contribution in [2.75, 3.05) is 0 Å². The van der Waals surface area contributed by atoms with Crippen LogP contribution in [0.3, 0.4) is 0 Å². The predicted molar refractivity (Wildman–Crippen MR) is 84.4 cm³/mol. The number of fused-ring (bicyclic) bond motifs is 1. The Morgan fingerprint density at radius 1 is 1.64 bits per heavy atom. The molecule has 1 aliphatic heterocycles. The lowest BCUT2D eigenvalue weighted by molar-refractivity contribution is -0.0844. The summed E-state index contributed by atoms with van der Waals surface area (Å²) in [5.41, 5.74) is -2.57. The van der Waals surface area contributed by atoms with Crippen molar-refractivity contribution in [2.24, 2.45) is 16.2 Å². The molecule has 3 rings (SSSR count). The van der Waals surface area contributed by atoms with Gasteiger partial charge in [0.1, 0.15) is 12.2 Å². The second kappa shape index (κ2) is 5.94. The van der Waals surface area contributed by atoms with Crippen LogP contribution in [0, 0.1) is 12.3 Å². The summed E-state index contributed by atoms with van der Waals surface area (Å²) in [5, 5.41) is 37.4. The van der Waals surface area contributed by atoms with Gasteiger partial charge in [-0.05, 0) is 13.0 Å².